The van der Waals surface area contributed by atoms with E-state index < -0.39 is 10.2 Å². The molecule has 0 bridgehead atoms. The Morgan fingerprint density at radius 2 is 1.53 bits per heavy atom. The van der Waals surface area contributed by atoms with E-state index in [1.807, 2.05) is 30.3 Å². The minimum absolute atomic E-state index is 0.185. The molecular formula is C28H26ClNO6. The van der Waals surface area contributed by atoms with Gasteiger partial charge in [0.05, 0.1) is 0 Å². The van der Waals surface area contributed by atoms with Crippen LogP contribution in [0, 0.1) is 10.2 Å². The molecule has 2 aliphatic heterocycles. The van der Waals surface area contributed by atoms with Gasteiger partial charge in [-0.05, 0) is 48.4 Å². The smallest absolute Gasteiger partial charge is 0.199 e. The van der Waals surface area contributed by atoms with Gasteiger partial charge in [0.25, 0.3) is 0 Å². The molecule has 0 saturated carbocycles. The average Bonchev–Trinajstić information content (AvgIpc) is 3.22. The van der Waals surface area contributed by atoms with E-state index in [2.05, 4.69) is 80.3 Å². The van der Waals surface area contributed by atoms with Crippen molar-refractivity contribution in [1.29, 1.82) is 0 Å². The van der Waals surface area contributed by atoms with Gasteiger partial charge < -0.3 is 9.47 Å². The normalized spacial score (nSPS) is 18.9. The summed E-state index contributed by atoms with van der Waals surface area (Å²) < 4.78 is 48.4. The summed E-state index contributed by atoms with van der Waals surface area (Å²) in [4.78, 5) is 0. The Morgan fingerprint density at radius 1 is 0.889 bits per heavy atom. The van der Waals surface area contributed by atoms with Crippen LogP contribution in [0.4, 0.5) is 0 Å². The van der Waals surface area contributed by atoms with Crippen molar-refractivity contribution in [3.63, 3.8) is 0 Å². The molecule has 0 saturated heterocycles. The van der Waals surface area contributed by atoms with Gasteiger partial charge in [-0.3, -0.25) is 0 Å². The zero-order valence-electron chi connectivity index (χ0n) is 20.1. The quantitative estimate of drug-likeness (QED) is 0.556. The molecule has 2 aromatic carbocycles. The molecular weight excluding hydrogens is 482 g/mol. The van der Waals surface area contributed by atoms with Gasteiger partial charge >= 0.3 is 0 Å². The van der Waals surface area contributed by atoms with E-state index in [9.17, 15) is 0 Å². The Kier molecular flexibility index (Phi) is 7.59. The van der Waals surface area contributed by atoms with Gasteiger partial charge in [-0.15, -0.1) is 10.2 Å². The van der Waals surface area contributed by atoms with E-state index in [-0.39, 0.29) is 6.10 Å². The summed E-state index contributed by atoms with van der Waals surface area (Å²) in [5.74, 6) is 2.72. The van der Waals surface area contributed by atoms with Crippen molar-refractivity contribution in [2.75, 3.05) is 14.1 Å². The third-order valence-electron chi connectivity index (χ3n) is 5.77. The summed E-state index contributed by atoms with van der Waals surface area (Å²) >= 11 is 0. The van der Waals surface area contributed by atoms with Crippen LogP contribution in [0.2, 0.25) is 0 Å². The van der Waals surface area contributed by atoms with Crippen molar-refractivity contribution < 1.29 is 42.9 Å². The largest absolute Gasteiger partial charge is 0.490 e. The molecule has 1 atom stereocenters. The van der Waals surface area contributed by atoms with E-state index >= 15 is 0 Å². The number of hydrogen-bond donors (Lipinski definition) is 0. The SMILES string of the molecule is CC1Cc2c(ccc3c2/C(=C/C=C2C=CC(=[N+](C)C)C=C2)C=C(c2ccccc2)O3)O1.[O-][Cl+3]([O-])([O-])[O-]. The Hall–Kier alpha value is -3.46. The molecule has 0 aromatic heterocycles. The highest BCUT2D eigenvalue weighted by Gasteiger charge is 2.28. The number of rotatable bonds is 2. The van der Waals surface area contributed by atoms with Crippen LogP contribution in [0.3, 0.4) is 0 Å². The first-order valence-electron chi connectivity index (χ1n) is 11.3. The number of benzene rings is 2. The number of halogens is 1. The van der Waals surface area contributed by atoms with Crippen LogP contribution in [-0.2, 0) is 6.42 Å². The van der Waals surface area contributed by atoms with E-state index in [0.717, 1.165) is 46.0 Å². The van der Waals surface area contributed by atoms with Crippen LogP contribution in [0.5, 0.6) is 11.5 Å². The second-order valence-corrected chi connectivity index (χ2v) is 9.43. The third kappa shape index (κ3) is 6.40. The van der Waals surface area contributed by atoms with Crippen LogP contribution in [0.15, 0.2) is 90.6 Å². The maximum Gasteiger partial charge on any atom is 0.199 e. The van der Waals surface area contributed by atoms with E-state index in [4.69, 9.17) is 28.1 Å². The molecule has 1 aliphatic carbocycles. The molecule has 1 unspecified atom stereocenters. The lowest BCUT2D eigenvalue weighted by Crippen LogP contribution is -2.68. The topological polar surface area (TPSA) is 114 Å². The number of fused-ring (bicyclic) bond motifs is 3. The van der Waals surface area contributed by atoms with Gasteiger partial charge in [0, 0.05) is 35.3 Å². The first kappa shape index (κ1) is 25.6. The minimum atomic E-state index is -4.94. The summed E-state index contributed by atoms with van der Waals surface area (Å²) in [6.07, 6.45) is 16.2. The fourth-order valence-corrected chi connectivity index (χ4v) is 4.17. The average molecular weight is 508 g/mol. The molecule has 2 heterocycles. The maximum atomic E-state index is 8.49. The lowest BCUT2D eigenvalue weighted by molar-refractivity contribution is -2.00. The number of hydrogen-bond acceptors (Lipinski definition) is 6. The van der Waals surface area contributed by atoms with Gasteiger partial charge in [-0.2, -0.15) is 0 Å². The predicted octanol–water partition coefficient (Wildman–Crippen LogP) is 0.836. The number of ether oxygens (including phenoxy) is 2. The fraction of sp³-hybridized carbons (Fsp3) is 0.179. The molecule has 7 nitrogen and oxygen atoms in total. The molecule has 8 heteroatoms. The maximum absolute atomic E-state index is 8.49. The highest BCUT2D eigenvalue weighted by atomic mass is 35.7. The van der Waals surface area contributed by atoms with E-state index in [1.165, 1.54) is 11.3 Å². The number of nitrogens with zero attached hydrogens (tertiary/aromatic N) is 1. The molecule has 0 fully saturated rings. The molecule has 3 aliphatic rings. The molecule has 36 heavy (non-hydrogen) atoms. The molecule has 0 radical (unpaired) electrons. The molecule has 0 spiro atoms. The van der Waals surface area contributed by atoms with E-state index in [0.29, 0.717) is 0 Å². The minimum Gasteiger partial charge on any atom is -0.490 e. The van der Waals surface area contributed by atoms with Gasteiger partial charge in [0.2, 0.25) is 0 Å². The van der Waals surface area contributed by atoms with Crippen LogP contribution >= 0.6 is 0 Å². The molecule has 5 rings (SSSR count). The third-order valence-corrected chi connectivity index (χ3v) is 5.77. The Labute approximate surface area is 212 Å². The lowest BCUT2D eigenvalue weighted by atomic mass is 9.92. The Morgan fingerprint density at radius 3 is 2.17 bits per heavy atom. The van der Waals surface area contributed by atoms with Gasteiger partial charge in [0.1, 0.15) is 37.5 Å². The lowest BCUT2D eigenvalue weighted by Gasteiger charge is -2.22. The first-order chi connectivity index (χ1) is 17.1. The zero-order chi connectivity index (χ0) is 25.9. The summed E-state index contributed by atoms with van der Waals surface area (Å²) in [5.41, 5.74) is 6.94. The van der Waals surface area contributed by atoms with E-state index in [1.54, 1.807) is 0 Å². The monoisotopic (exact) mass is 507 g/mol. The van der Waals surface area contributed by atoms with Gasteiger partial charge in [-0.1, -0.05) is 42.5 Å². The zero-order valence-corrected chi connectivity index (χ0v) is 20.9. The standard InChI is InChI=1S/C28H26NO2.ClHO4/c1-19-17-24-25(30-19)15-16-26-28(24)22(18-27(31-26)21-7-5-4-6-8-21)12-9-20-10-13-23(14-11-20)29(2)3;2-1(3,4)5/h4-16,18-19H,17H2,1-3H3;(H,2,3,4,5)/q+1;/p-1/b22-12+;. The van der Waals surface area contributed by atoms with Crippen molar-refractivity contribution in [2.24, 2.45) is 0 Å². The fourth-order valence-electron chi connectivity index (χ4n) is 4.17. The summed E-state index contributed by atoms with van der Waals surface area (Å²) in [6, 6.07) is 14.3. The Balaban J connectivity index is 0.000000556. The number of allylic oxidation sites excluding steroid dienone is 9. The van der Waals surface area contributed by atoms with Crippen molar-refractivity contribution >= 4 is 17.0 Å². The first-order valence-corrected chi connectivity index (χ1v) is 12.5. The Bertz CT molecular complexity index is 1300. The van der Waals surface area contributed by atoms with Crippen LogP contribution < -0.4 is 28.1 Å². The molecule has 0 N–H and O–H groups in total. The predicted molar refractivity (Wildman–Crippen MR) is 127 cm³/mol. The highest BCUT2D eigenvalue weighted by Crippen LogP contribution is 2.45. The van der Waals surface area contributed by atoms with Crippen LogP contribution in [0.25, 0.3) is 11.3 Å². The summed E-state index contributed by atoms with van der Waals surface area (Å²) in [6.45, 7) is 2.11. The molecule has 186 valence electrons. The highest BCUT2D eigenvalue weighted by molar-refractivity contribution is 6.02. The summed E-state index contributed by atoms with van der Waals surface area (Å²) in [5, 5.41) is 0. The van der Waals surface area contributed by atoms with Crippen molar-refractivity contribution in [3.8, 4) is 11.5 Å². The molecule has 2 aromatic rings. The van der Waals surface area contributed by atoms with Crippen LogP contribution in [-0.4, -0.2) is 30.5 Å². The second kappa shape index (κ2) is 10.7. The summed E-state index contributed by atoms with van der Waals surface area (Å²) in [7, 11) is -0.835. The molecule has 0 amide bonds. The van der Waals surface area contributed by atoms with Crippen molar-refractivity contribution in [1.82, 2.24) is 0 Å². The van der Waals surface area contributed by atoms with Crippen molar-refractivity contribution in [3.05, 3.63) is 107 Å². The van der Waals surface area contributed by atoms with Gasteiger partial charge in [0.15, 0.2) is 5.71 Å². The van der Waals surface area contributed by atoms with Crippen molar-refractivity contribution in [2.45, 2.75) is 19.4 Å². The van der Waals surface area contributed by atoms with Crippen LogP contribution in [0.1, 0.15) is 23.6 Å². The second-order valence-electron chi connectivity index (χ2n) is 8.68. The van der Waals surface area contributed by atoms with Gasteiger partial charge in [-0.25, -0.2) is 23.2 Å².